The zero-order valence-corrected chi connectivity index (χ0v) is 11.9. The molecular weight excluding hydrogens is 339 g/mol. The maximum atomic E-state index is 12.3. The second-order valence-corrected chi connectivity index (χ2v) is 7.30. The normalized spacial score (nSPS) is 25.9. The van der Waals surface area contributed by atoms with Crippen molar-refractivity contribution in [3.63, 3.8) is 0 Å². The first-order valence-corrected chi connectivity index (χ1v) is 7.87. The lowest BCUT2D eigenvalue weighted by atomic mass is 10.2. The van der Waals surface area contributed by atoms with Gasteiger partial charge in [-0.15, -0.1) is 0 Å². The molecule has 0 saturated carbocycles. The molecule has 1 heterocycles. The van der Waals surface area contributed by atoms with Gasteiger partial charge in [0.15, 0.2) is 9.84 Å². The Bertz CT molecular complexity index is 467. The van der Waals surface area contributed by atoms with Gasteiger partial charge in [-0.2, -0.15) is 0 Å². The molecule has 3 nitrogen and oxygen atoms in total. The summed E-state index contributed by atoms with van der Waals surface area (Å²) in [4.78, 5) is 0.398. The zero-order chi connectivity index (χ0) is 11.8. The molecule has 1 saturated heterocycles. The van der Waals surface area contributed by atoms with Crippen LogP contribution in [0.15, 0.2) is 29.2 Å². The van der Waals surface area contributed by atoms with Gasteiger partial charge in [0.25, 0.3) is 0 Å². The summed E-state index contributed by atoms with van der Waals surface area (Å²) in [7, 11) is -3.24. The van der Waals surface area contributed by atoms with Gasteiger partial charge < -0.3 is 4.74 Å². The third kappa shape index (κ3) is 2.26. The van der Waals surface area contributed by atoms with Crippen molar-refractivity contribution in [1.82, 2.24) is 0 Å². The Morgan fingerprint density at radius 2 is 1.94 bits per heavy atom. The van der Waals surface area contributed by atoms with Crippen molar-refractivity contribution in [2.75, 3.05) is 6.61 Å². The van der Waals surface area contributed by atoms with E-state index in [1.54, 1.807) is 12.1 Å². The van der Waals surface area contributed by atoms with Crippen LogP contribution in [-0.2, 0) is 14.6 Å². The molecule has 2 atom stereocenters. The Morgan fingerprint density at radius 1 is 1.31 bits per heavy atom. The molecule has 16 heavy (non-hydrogen) atoms. The van der Waals surface area contributed by atoms with Crippen LogP contribution in [0, 0.1) is 6.92 Å². The number of aryl methyl sites for hydroxylation is 1. The summed E-state index contributed by atoms with van der Waals surface area (Å²) in [5, 5.41) is -0.407. The van der Waals surface area contributed by atoms with Crippen molar-refractivity contribution in [2.24, 2.45) is 0 Å². The molecule has 1 fully saturated rings. The molecule has 2 unspecified atom stereocenters. The first-order chi connectivity index (χ1) is 7.51. The van der Waals surface area contributed by atoms with E-state index in [1.165, 1.54) is 0 Å². The molecule has 88 valence electrons. The fraction of sp³-hybridized carbons (Fsp3) is 0.455. The Balaban J connectivity index is 2.35. The summed E-state index contributed by atoms with van der Waals surface area (Å²) in [6, 6.07) is 6.99. The minimum Gasteiger partial charge on any atom is -0.366 e. The minimum absolute atomic E-state index is 0.232. The molecule has 2 rings (SSSR count). The highest BCUT2D eigenvalue weighted by molar-refractivity contribution is 14.1. The number of halogens is 1. The molecule has 0 spiro atoms. The van der Waals surface area contributed by atoms with Crippen LogP contribution in [0.25, 0.3) is 0 Å². The molecule has 1 aliphatic rings. The number of ether oxygens (including phenoxy) is 1. The zero-order valence-electron chi connectivity index (χ0n) is 8.89. The lowest BCUT2D eigenvalue weighted by molar-refractivity contribution is 0.185. The van der Waals surface area contributed by atoms with E-state index in [4.69, 9.17) is 4.74 Å². The van der Waals surface area contributed by atoms with Crippen LogP contribution >= 0.6 is 22.6 Å². The number of hydrogen-bond acceptors (Lipinski definition) is 3. The van der Waals surface area contributed by atoms with Crippen molar-refractivity contribution in [2.45, 2.75) is 27.6 Å². The lowest BCUT2D eigenvalue weighted by Gasteiger charge is -2.13. The van der Waals surface area contributed by atoms with Gasteiger partial charge in [-0.3, -0.25) is 0 Å². The molecular formula is C11H13IO3S. The topological polar surface area (TPSA) is 43.4 Å². The lowest BCUT2D eigenvalue weighted by Crippen LogP contribution is -2.26. The molecule has 0 bridgehead atoms. The van der Waals surface area contributed by atoms with E-state index in [9.17, 15) is 8.42 Å². The van der Waals surface area contributed by atoms with Crippen molar-refractivity contribution in [3.05, 3.63) is 29.8 Å². The van der Waals surface area contributed by atoms with Crippen molar-refractivity contribution < 1.29 is 13.2 Å². The van der Waals surface area contributed by atoms with Crippen LogP contribution < -0.4 is 0 Å². The van der Waals surface area contributed by atoms with Crippen molar-refractivity contribution in [1.29, 1.82) is 0 Å². The molecule has 0 aromatic heterocycles. The standard InChI is InChI=1S/C11H13IO3S/c1-8-2-4-9(5-3-8)16(13,14)10-6-7-15-11(10)12/h2-5,10-11H,6-7H2,1H3. The van der Waals surface area contributed by atoms with Crippen LogP contribution in [0.3, 0.4) is 0 Å². The van der Waals surface area contributed by atoms with E-state index in [-0.39, 0.29) is 4.11 Å². The fourth-order valence-electron chi connectivity index (χ4n) is 1.73. The van der Waals surface area contributed by atoms with Gasteiger partial charge in [0, 0.05) is 6.61 Å². The highest BCUT2D eigenvalue weighted by Crippen LogP contribution is 2.30. The van der Waals surface area contributed by atoms with E-state index in [0.717, 1.165) is 5.56 Å². The maximum Gasteiger partial charge on any atom is 0.184 e. The monoisotopic (exact) mass is 352 g/mol. The number of rotatable bonds is 2. The molecule has 0 aliphatic carbocycles. The summed E-state index contributed by atoms with van der Waals surface area (Å²) < 4.78 is 29.6. The van der Waals surface area contributed by atoms with Gasteiger partial charge in [-0.25, -0.2) is 8.42 Å². The first kappa shape index (κ1) is 12.3. The van der Waals surface area contributed by atoms with E-state index in [0.29, 0.717) is 17.9 Å². The predicted octanol–water partition coefficient (Wildman–Crippen LogP) is 2.32. The number of hydrogen-bond donors (Lipinski definition) is 0. The molecule has 1 aliphatic heterocycles. The summed E-state index contributed by atoms with van der Waals surface area (Å²) >= 11 is 2.05. The minimum atomic E-state index is -3.24. The Hall–Kier alpha value is -0.140. The van der Waals surface area contributed by atoms with Crippen LogP contribution in [0.2, 0.25) is 0 Å². The summed E-state index contributed by atoms with van der Waals surface area (Å²) in [6.45, 7) is 2.47. The van der Waals surface area contributed by atoms with E-state index in [1.807, 2.05) is 19.1 Å². The van der Waals surface area contributed by atoms with Crippen LogP contribution in [0.1, 0.15) is 12.0 Å². The first-order valence-electron chi connectivity index (χ1n) is 5.08. The van der Waals surface area contributed by atoms with E-state index >= 15 is 0 Å². The summed E-state index contributed by atoms with van der Waals surface area (Å²) in [5.41, 5.74) is 1.06. The van der Waals surface area contributed by atoms with Gasteiger partial charge in [-0.1, -0.05) is 17.7 Å². The second kappa shape index (κ2) is 4.62. The molecule has 0 N–H and O–H groups in total. The van der Waals surface area contributed by atoms with Crippen LogP contribution in [0.4, 0.5) is 0 Å². The number of sulfone groups is 1. The molecule has 5 heteroatoms. The molecule has 1 aromatic carbocycles. The quantitative estimate of drug-likeness (QED) is 0.606. The molecule has 1 aromatic rings. The van der Waals surface area contributed by atoms with Gasteiger partial charge in [-0.05, 0) is 48.1 Å². The smallest absolute Gasteiger partial charge is 0.184 e. The Kier molecular flexibility index (Phi) is 3.56. The SMILES string of the molecule is Cc1ccc(S(=O)(=O)C2CCOC2I)cc1. The predicted molar refractivity (Wildman–Crippen MR) is 70.5 cm³/mol. The summed E-state index contributed by atoms with van der Waals surface area (Å²) in [6.07, 6.45) is 0.587. The van der Waals surface area contributed by atoms with E-state index < -0.39 is 15.1 Å². The van der Waals surface area contributed by atoms with E-state index in [2.05, 4.69) is 22.6 Å². The Labute approximate surface area is 109 Å². The fourth-order valence-corrected chi connectivity index (χ4v) is 5.14. The maximum absolute atomic E-state index is 12.3. The highest BCUT2D eigenvalue weighted by Gasteiger charge is 2.37. The number of alkyl halides is 1. The van der Waals surface area contributed by atoms with Gasteiger partial charge in [0.05, 0.1) is 4.90 Å². The van der Waals surface area contributed by atoms with Crippen LogP contribution in [-0.4, -0.2) is 24.4 Å². The molecule has 0 radical (unpaired) electrons. The molecule has 0 amide bonds. The largest absolute Gasteiger partial charge is 0.366 e. The third-order valence-corrected chi connectivity index (χ3v) is 6.64. The third-order valence-electron chi connectivity index (χ3n) is 2.72. The highest BCUT2D eigenvalue weighted by atomic mass is 127. The van der Waals surface area contributed by atoms with Gasteiger partial charge in [0.1, 0.15) is 9.36 Å². The van der Waals surface area contributed by atoms with Crippen LogP contribution in [0.5, 0.6) is 0 Å². The van der Waals surface area contributed by atoms with Gasteiger partial charge >= 0.3 is 0 Å². The second-order valence-electron chi connectivity index (χ2n) is 3.91. The average molecular weight is 352 g/mol. The Morgan fingerprint density at radius 3 is 2.44 bits per heavy atom. The average Bonchev–Trinajstić information content (AvgIpc) is 2.66. The number of benzene rings is 1. The van der Waals surface area contributed by atoms with Crippen molar-refractivity contribution >= 4 is 32.4 Å². The summed E-state index contributed by atoms with van der Waals surface area (Å²) in [5.74, 6) is 0. The van der Waals surface area contributed by atoms with Crippen molar-refractivity contribution in [3.8, 4) is 0 Å². The van der Waals surface area contributed by atoms with Gasteiger partial charge in [0.2, 0.25) is 0 Å².